The van der Waals surface area contributed by atoms with Gasteiger partial charge in [0.25, 0.3) is 0 Å². The molecule has 1 nitrogen and oxygen atoms in total. The Morgan fingerprint density at radius 1 is 0.591 bits per heavy atom. The molecule has 0 aliphatic rings. The van der Waals surface area contributed by atoms with E-state index in [0.29, 0.717) is 0 Å². The van der Waals surface area contributed by atoms with Crippen LogP contribution in [0.1, 0.15) is 79.1 Å². The van der Waals surface area contributed by atoms with Gasteiger partial charge in [-0.15, -0.1) is 0 Å². The molecule has 0 fully saturated rings. The van der Waals surface area contributed by atoms with Gasteiger partial charge < -0.3 is 21.7 Å². The van der Waals surface area contributed by atoms with Crippen LogP contribution in [0.25, 0.3) is 0 Å². The number of nitrogens with zero attached hydrogens (tertiary/aromatic N) is 1. The zero-order valence-corrected chi connectivity index (χ0v) is 15.0. The third-order valence-electron chi connectivity index (χ3n) is 4.50. The summed E-state index contributed by atoms with van der Waals surface area (Å²) in [6.45, 7) is 14.7. The number of halogens is 4. The highest BCUT2D eigenvalue weighted by atomic mass is 19.5. The van der Waals surface area contributed by atoms with Crippen molar-refractivity contribution in [3.05, 3.63) is 0 Å². The number of unbranched alkanes of at least 4 members (excludes halogenated alkanes) is 7. The Labute approximate surface area is 135 Å². The van der Waals surface area contributed by atoms with Crippen LogP contribution in [0.2, 0.25) is 0 Å². The summed E-state index contributed by atoms with van der Waals surface area (Å²) < 4.78 is 40.3. The molecule has 0 unspecified atom stereocenters. The maximum atomic E-state index is 9.75. The molecular formula is C16H36BF4N. The molecule has 0 heterocycles. The Hall–Kier alpha value is -0.255. The van der Waals surface area contributed by atoms with Crippen LogP contribution in [0, 0.1) is 0 Å². The number of quaternary nitrogens is 1. The molecule has 0 aromatic carbocycles. The van der Waals surface area contributed by atoms with Gasteiger partial charge in [0.2, 0.25) is 0 Å². The van der Waals surface area contributed by atoms with Crippen LogP contribution < -0.4 is 0 Å². The minimum absolute atomic E-state index is 1.31. The molecule has 136 valence electrons. The average Bonchev–Trinajstić information content (AvgIpc) is 2.45. The summed E-state index contributed by atoms with van der Waals surface area (Å²) in [4.78, 5) is 0. The first kappa shape index (κ1) is 24.0. The summed E-state index contributed by atoms with van der Waals surface area (Å²) in [7, 11) is -6.00. The molecule has 0 radical (unpaired) electrons. The second-order valence-electron chi connectivity index (χ2n) is 5.98. The number of hydrogen-bond donors (Lipinski definition) is 0. The van der Waals surface area contributed by atoms with Crippen molar-refractivity contribution in [1.82, 2.24) is 0 Å². The molecule has 0 spiro atoms. The molecule has 6 heteroatoms. The Bertz CT molecular complexity index is 216. The van der Waals surface area contributed by atoms with E-state index in [0.717, 1.165) is 0 Å². The topological polar surface area (TPSA) is 0 Å². The first-order valence-corrected chi connectivity index (χ1v) is 8.97. The van der Waals surface area contributed by atoms with Gasteiger partial charge in [0.1, 0.15) is 0 Å². The zero-order chi connectivity index (χ0) is 17.5. The molecule has 0 atom stereocenters. The van der Waals surface area contributed by atoms with Crippen molar-refractivity contribution in [2.24, 2.45) is 0 Å². The lowest BCUT2D eigenvalue weighted by Gasteiger charge is -2.35. The van der Waals surface area contributed by atoms with Gasteiger partial charge in [-0.05, 0) is 33.6 Å². The standard InChI is InChI=1S/C16H36N.BF4/c1-5-9-10-11-12-13-14-15-16-17(6-2,7-3)8-4;2-1(3,4)5/h5-16H2,1-4H3;/q+1;-1. The Balaban J connectivity index is 0. The van der Waals surface area contributed by atoms with E-state index in [2.05, 4.69) is 27.7 Å². The fraction of sp³-hybridized carbons (Fsp3) is 1.00. The highest BCUT2D eigenvalue weighted by molar-refractivity contribution is 6.50. The molecule has 0 aliphatic heterocycles. The zero-order valence-electron chi connectivity index (χ0n) is 15.0. The summed E-state index contributed by atoms with van der Waals surface area (Å²) in [6.07, 6.45) is 11.5. The van der Waals surface area contributed by atoms with E-state index in [1.54, 1.807) is 0 Å². The fourth-order valence-corrected chi connectivity index (χ4v) is 2.73. The van der Waals surface area contributed by atoms with Crippen LogP contribution in [0.3, 0.4) is 0 Å². The highest BCUT2D eigenvalue weighted by Crippen LogP contribution is 2.12. The lowest BCUT2D eigenvalue weighted by molar-refractivity contribution is -0.923. The molecule has 22 heavy (non-hydrogen) atoms. The minimum Gasteiger partial charge on any atom is -0.418 e. The van der Waals surface area contributed by atoms with Crippen LogP contribution >= 0.6 is 0 Å². The van der Waals surface area contributed by atoms with Gasteiger partial charge in [0.05, 0.1) is 26.2 Å². The maximum Gasteiger partial charge on any atom is 0.673 e. The molecule has 0 aromatic rings. The maximum absolute atomic E-state index is 9.75. The third kappa shape index (κ3) is 17.8. The van der Waals surface area contributed by atoms with Crippen LogP contribution in [0.5, 0.6) is 0 Å². The normalized spacial score (nSPS) is 12.0. The van der Waals surface area contributed by atoms with Crippen LogP contribution in [-0.4, -0.2) is 37.9 Å². The first-order chi connectivity index (χ1) is 10.2. The molecule has 0 bridgehead atoms. The van der Waals surface area contributed by atoms with E-state index in [1.807, 2.05) is 0 Å². The Kier molecular flexibility index (Phi) is 15.7. The van der Waals surface area contributed by atoms with Gasteiger partial charge >= 0.3 is 7.25 Å². The monoisotopic (exact) mass is 329 g/mol. The summed E-state index contributed by atoms with van der Waals surface area (Å²) in [5.41, 5.74) is 0. The van der Waals surface area contributed by atoms with Crippen molar-refractivity contribution in [3.8, 4) is 0 Å². The lowest BCUT2D eigenvalue weighted by atomic mass is 10.1. The second kappa shape index (κ2) is 14.3. The second-order valence-corrected chi connectivity index (χ2v) is 5.98. The first-order valence-electron chi connectivity index (χ1n) is 8.97. The molecule has 0 saturated carbocycles. The van der Waals surface area contributed by atoms with E-state index >= 15 is 0 Å². The summed E-state index contributed by atoms with van der Waals surface area (Å²) in [5, 5.41) is 0. The van der Waals surface area contributed by atoms with Gasteiger partial charge in [-0.3, -0.25) is 0 Å². The smallest absolute Gasteiger partial charge is 0.418 e. The van der Waals surface area contributed by atoms with Gasteiger partial charge in [-0.25, -0.2) is 0 Å². The van der Waals surface area contributed by atoms with Crippen LogP contribution in [0.15, 0.2) is 0 Å². The Morgan fingerprint density at radius 2 is 0.909 bits per heavy atom. The van der Waals surface area contributed by atoms with Crippen molar-refractivity contribution in [2.75, 3.05) is 26.2 Å². The number of rotatable bonds is 12. The van der Waals surface area contributed by atoms with Crippen molar-refractivity contribution in [3.63, 3.8) is 0 Å². The van der Waals surface area contributed by atoms with Gasteiger partial charge in [-0.2, -0.15) is 0 Å². The predicted molar refractivity (Wildman–Crippen MR) is 89.5 cm³/mol. The van der Waals surface area contributed by atoms with Gasteiger partial charge in [0.15, 0.2) is 0 Å². The van der Waals surface area contributed by atoms with E-state index in [1.165, 1.54) is 82.0 Å². The molecular weight excluding hydrogens is 293 g/mol. The molecule has 0 rings (SSSR count). The van der Waals surface area contributed by atoms with Crippen LogP contribution in [-0.2, 0) is 0 Å². The largest absolute Gasteiger partial charge is 0.673 e. The van der Waals surface area contributed by atoms with Crippen molar-refractivity contribution >= 4 is 7.25 Å². The van der Waals surface area contributed by atoms with Gasteiger partial charge in [0, 0.05) is 0 Å². The lowest BCUT2D eigenvalue weighted by Crippen LogP contribution is -2.48. The van der Waals surface area contributed by atoms with E-state index in [4.69, 9.17) is 0 Å². The minimum atomic E-state index is -6.00. The van der Waals surface area contributed by atoms with Crippen molar-refractivity contribution in [2.45, 2.75) is 79.1 Å². The Morgan fingerprint density at radius 3 is 1.23 bits per heavy atom. The SMILES string of the molecule is CCCCCCCCCC[N+](CC)(CC)CC.F[B-](F)(F)F. The van der Waals surface area contributed by atoms with E-state index in [9.17, 15) is 17.3 Å². The molecule has 0 N–H and O–H groups in total. The fourth-order valence-electron chi connectivity index (χ4n) is 2.73. The van der Waals surface area contributed by atoms with Gasteiger partial charge in [-0.1, -0.05) is 45.4 Å². The summed E-state index contributed by atoms with van der Waals surface area (Å²) in [6, 6.07) is 0. The van der Waals surface area contributed by atoms with E-state index in [-0.39, 0.29) is 0 Å². The molecule has 0 amide bonds. The van der Waals surface area contributed by atoms with E-state index < -0.39 is 7.25 Å². The molecule has 0 aliphatic carbocycles. The summed E-state index contributed by atoms with van der Waals surface area (Å²) in [5.74, 6) is 0. The van der Waals surface area contributed by atoms with Crippen molar-refractivity contribution < 1.29 is 21.7 Å². The number of hydrogen-bond acceptors (Lipinski definition) is 0. The quantitative estimate of drug-likeness (QED) is 0.170. The third-order valence-corrected chi connectivity index (χ3v) is 4.50. The molecule has 0 aromatic heterocycles. The highest BCUT2D eigenvalue weighted by Gasteiger charge is 2.20. The average molecular weight is 329 g/mol. The van der Waals surface area contributed by atoms with Crippen LogP contribution in [0.4, 0.5) is 17.3 Å². The van der Waals surface area contributed by atoms with Crippen molar-refractivity contribution in [1.29, 1.82) is 0 Å². The predicted octanol–water partition coefficient (Wildman–Crippen LogP) is 6.30. The summed E-state index contributed by atoms with van der Waals surface area (Å²) >= 11 is 0. The molecule has 0 saturated heterocycles.